The molecule has 1 aromatic carbocycles. The van der Waals surface area contributed by atoms with Gasteiger partial charge in [0.25, 0.3) is 0 Å². The lowest BCUT2D eigenvalue weighted by molar-refractivity contribution is -0.142. The molecular weight excluding hydrogens is 306 g/mol. The summed E-state index contributed by atoms with van der Waals surface area (Å²) in [5, 5.41) is 8.97. The minimum atomic E-state index is -3.57. The summed E-state index contributed by atoms with van der Waals surface area (Å²) in [5.74, 6) is -1.14. The Kier molecular flexibility index (Phi) is 4.20. The highest BCUT2D eigenvalue weighted by Gasteiger charge is 2.29. The summed E-state index contributed by atoms with van der Waals surface area (Å²) in [6, 6.07) is 4.86. The van der Waals surface area contributed by atoms with Gasteiger partial charge in [0.1, 0.15) is 0 Å². The maximum absolute atomic E-state index is 12.4. The average Bonchev–Trinajstić information content (AvgIpc) is 2.94. The Bertz CT molecular complexity index is 677. The van der Waals surface area contributed by atoms with Crippen LogP contribution in [0.5, 0.6) is 0 Å². The van der Waals surface area contributed by atoms with E-state index in [-0.39, 0.29) is 16.9 Å². The third kappa shape index (κ3) is 3.16. The maximum Gasteiger partial charge on any atom is 0.306 e. The third-order valence-corrected chi connectivity index (χ3v) is 5.92. The molecule has 120 valence electrons. The van der Waals surface area contributed by atoms with Gasteiger partial charge in [-0.2, -0.15) is 0 Å². The summed E-state index contributed by atoms with van der Waals surface area (Å²) in [6.07, 6.45) is 2.15. The first-order chi connectivity index (χ1) is 10.5. The van der Waals surface area contributed by atoms with Crippen molar-refractivity contribution in [1.82, 2.24) is 4.72 Å². The molecule has 22 heavy (non-hydrogen) atoms. The van der Waals surface area contributed by atoms with E-state index in [1.807, 2.05) is 0 Å². The lowest BCUT2D eigenvalue weighted by Crippen LogP contribution is -2.38. The van der Waals surface area contributed by atoms with Gasteiger partial charge in [0, 0.05) is 6.04 Å². The van der Waals surface area contributed by atoms with Gasteiger partial charge in [-0.1, -0.05) is 6.07 Å². The van der Waals surface area contributed by atoms with Gasteiger partial charge in [-0.25, -0.2) is 13.1 Å². The summed E-state index contributed by atoms with van der Waals surface area (Å²) in [6.45, 7) is 0.977. The van der Waals surface area contributed by atoms with Crippen molar-refractivity contribution in [3.8, 4) is 0 Å². The lowest BCUT2D eigenvalue weighted by Gasteiger charge is -2.26. The Morgan fingerprint density at radius 3 is 2.50 bits per heavy atom. The number of fused-ring (bicyclic) bond motifs is 1. The zero-order valence-corrected chi connectivity index (χ0v) is 12.9. The molecule has 1 aromatic rings. The van der Waals surface area contributed by atoms with Gasteiger partial charge in [-0.15, -0.1) is 0 Å². The summed E-state index contributed by atoms with van der Waals surface area (Å²) in [5.41, 5.74) is 1.94. The van der Waals surface area contributed by atoms with Gasteiger partial charge < -0.3 is 9.84 Å². The van der Waals surface area contributed by atoms with Crippen molar-refractivity contribution in [3.63, 3.8) is 0 Å². The molecule has 7 heteroatoms. The van der Waals surface area contributed by atoms with Crippen molar-refractivity contribution in [2.75, 3.05) is 0 Å². The quantitative estimate of drug-likeness (QED) is 0.878. The van der Waals surface area contributed by atoms with Crippen LogP contribution < -0.4 is 4.72 Å². The van der Waals surface area contributed by atoms with E-state index in [0.717, 1.165) is 11.1 Å². The zero-order chi connectivity index (χ0) is 15.7. The standard InChI is InChI=1S/C15H19NO5S/c17-15(18)10-1-4-13(5-2-10)16-22(19,20)14-6-3-11-8-21-9-12(11)7-14/h3,6-7,10,13,16H,1-2,4-5,8-9H2,(H,17,18). The minimum Gasteiger partial charge on any atom is -0.481 e. The van der Waals surface area contributed by atoms with E-state index in [2.05, 4.69) is 4.72 Å². The van der Waals surface area contributed by atoms with E-state index in [9.17, 15) is 13.2 Å². The van der Waals surface area contributed by atoms with Gasteiger partial charge in [0.15, 0.2) is 0 Å². The molecule has 0 radical (unpaired) electrons. The monoisotopic (exact) mass is 325 g/mol. The van der Waals surface area contributed by atoms with Crippen LogP contribution in [0.4, 0.5) is 0 Å². The van der Waals surface area contributed by atoms with Crippen LogP contribution in [0.1, 0.15) is 36.8 Å². The molecule has 0 aromatic heterocycles. The Morgan fingerprint density at radius 2 is 1.82 bits per heavy atom. The second kappa shape index (κ2) is 5.98. The number of hydrogen-bond acceptors (Lipinski definition) is 4. The second-order valence-corrected chi connectivity index (χ2v) is 7.65. The van der Waals surface area contributed by atoms with E-state index in [1.165, 1.54) is 0 Å². The number of benzene rings is 1. The normalized spacial score (nSPS) is 24.9. The van der Waals surface area contributed by atoms with Crippen LogP contribution in [0.2, 0.25) is 0 Å². The molecule has 0 unspecified atom stereocenters. The number of hydrogen-bond donors (Lipinski definition) is 2. The fraction of sp³-hybridized carbons (Fsp3) is 0.533. The molecule has 0 saturated heterocycles. The smallest absolute Gasteiger partial charge is 0.306 e. The van der Waals surface area contributed by atoms with Crippen LogP contribution >= 0.6 is 0 Å². The fourth-order valence-corrected chi connectivity index (χ4v) is 4.42. The van der Waals surface area contributed by atoms with Crippen LogP contribution in [-0.2, 0) is 32.8 Å². The Hall–Kier alpha value is -1.44. The number of sulfonamides is 1. The van der Waals surface area contributed by atoms with E-state index >= 15 is 0 Å². The molecule has 2 N–H and O–H groups in total. The molecule has 3 rings (SSSR count). The number of carboxylic acids is 1. The van der Waals surface area contributed by atoms with Crippen molar-refractivity contribution in [3.05, 3.63) is 29.3 Å². The number of aliphatic carboxylic acids is 1. The Morgan fingerprint density at radius 1 is 1.14 bits per heavy atom. The first-order valence-electron chi connectivity index (χ1n) is 7.40. The first-order valence-corrected chi connectivity index (χ1v) is 8.89. The highest BCUT2D eigenvalue weighted by atomic mass is 32.2. The van der Waals surface area contributed by atoms with Crippen molar-refractivity contribution in [2.45, 2.75) is 49.8 Å². The SMILES string of the molecule is O=C(O)C1CCC(NS(=O)(=O)c2ccc3c(c2)COC3)CC1. The lowest BCUT2D eigenvalue weighted by atomic mass is 9.87. The molecule has 0 bridgehead atoms. The molecule has 1 fully saturated rings. The molecular formula is C15H19NO5S. The van der Waals surface area contributed by atoms with Gasteiger partial charge in [0.05, 0.1) is 24.0 Å². The highest BCUT2D eigenvalue weighted by Crippen LogP contribution is 2.27. The molecule has 1 heterocycles. The third-order valence-electron chi connectivity index (χ3n) is 4.40. The molecule has 2 aliphatic rings. The molecule has 0 atom stereocenters. The van der Waals surface area contributed by atoms with Crippen LogP contribution in [0.3, 0.4) is 0 Å². The summed E-state index contributed by atoms with van der Waals surface area (Å²) in [4.78, 5) is 11.2. The molecule has 1 aliphatic heterocycles. The van der Waals surface area contributed by atoms with Crippen LogP contribution in [-0.4, -0.2) is 25.5 Å². The predicted molar refractivity (Wildman–Crippen MR) is 78.6 cm³/mol. The van der Waals surface area contributed by atoms with Gasteiger partial charge in [-0.05, 0) is 48.9 Å². The molecule has 0 amide bonds. The zero-order valence-electron chi connectivity index (χ0n) is 12.1. The van der Waals surface area contributed by atoms with Crippen molar-refractivity contribution < 1.29 is 23.1 Å². The van der Waals surface area contributed by atoms with E-state index in [1.54, 1.807) is 18.2 Å². The van der Waals surface area contributed by atoms with E-state index < -0.39 is 16.0 Å². The maximum atomic E-state index is 12.4. The second-order valence-electron chi connectivity index (χ2n) is 5.93. The topological polar surface area (TPSA) is 92.7 Å². The molecule has 0 spiro atoms. The van der Waals surface area contributed by atoms with Gasteiger partial charge in [-0.3, -0.25) is 4.79 Å². The van der Waals surface area contributed by atoms with Crippen molar-refractivity contribution in [1.29, 1.82) is 0 Å². The van der Waals surface area contributed by atoms with Crippen LogP contribution in [0.25, 0.3) is 0 Å². The Labute approximate surface area is 129 Å². The average molecular weight is 325 g/mol. The van der Waals surface area contributed by atoms with Crippen molar-refractivity contribution in [2.24, 2.45) is 5.92 Å². The van der Waals surface area contributed by atoms with Crippen LogP contribution in [0.15, 0.2) is 23.1 Å². The fourth-order valence-electron chi connectivity index (χ4n) is 3.06. The van der Waals surface area contributed by atoms with Gasteiger partial charge in [0.2, 0.25) is 10.0 Å². The minimum absolute atomic E-state index is 0.190. The predicted octanol–water partition coefficient (Wildman–Crippen LogP) is 1.64. The Balaban J connectivity index is 1.68. The first kappa shape index (κ1) is 15.5. The number of carboxylic acid groups (broad SMARTS) is 1. The molecule has 6 nitrogen and oxygen atoms in total. The number of nitrogens with one attached hydrogen (secondary N) is 1. The molecule has 1 aliphatic carbocycles. The summed E-state index contributed by atoms with van der Waals surface area (Å²) in [7, 11) is -3.57. The number of ether oxygens (including phenoxy) is 1. The number of carbonyl (C=O) groups is 1. The number of rotatable bonds is 4. The summed E-state index contributed by atoms with van der Waals surface area (Å²) < 4.78 is 32.9. The van der Waals surface area contributed by atoms with E-state index in [0.29, 0.717) is 38.9 Å². The highest BCUT2D eigenvalue weighted by molar-refractivity contribution is 7.89. The van der Waals surface area contributed by atoms with Crippen molar-refractivity contribution >= 4 is 16.0 Å². The van der Waals surface area contributed by atoms with Crippen LogP contribution in [0, 0.1) is 5.92 Å². The molecule has 1 saturated carbocycles. The summed E-state index contributed by atoms with van der Waals surface area (Å²) >= 11 is 0. The largest absolute Gasteiger partial charge is 0.481 e. The van der Waals surface area contributed by atoms with E-state index in [4.69, 9.17) is 9.84 Å². The van der Waals surface area contributed by atoms with Gasteiger partial charge >= 0.3 is 5.97 Å².